The van der Waals surface area contributed by atoms with Crippen molar-refractivity contribution in [1.29, 1.82) is 0 Å². The van der Waals surface area contributed by atoms with E-state index in [2.05, 4.69) is 10.0 Å². The van der Waals surface area contributed by atoms with Crippen LogP contribution in [-0.2, 0) is 26.0 Å². The molecule has 1 heterocycles. The molecule has 8 nitrogen and oxygen atoms in total. The van der Waals surface area contributed by atoms with Gasteiger partial charge in [-0.05, 0) is 61.6 Å². The largest absolute Gasteiger partial charge is 0.325 e. The zero-order valence-corrected chi connectivity index (χ0v) is 20.0. The van der Waals surface area contributed by atoms with Gasteiger partial charge in [0.15, 0.2) is 5.78 Å². The van der Waals surface area contributed by atoms with Crippen LogP contribution in [0.1, 0.15) is 50.0 Å². The van der Waals surface area contributed by atoms with E-state index in [9.17, 15) is 22.8 Å². The molecule has 2 aromatic carbocycles. The fourth-order valence-corrected chi connectivity index (χ4v) is 5.11. The Balaban J connectivity index is 1.82. The van der Waals surface area contributed by atoms with E-state index < -0.39 is 22.0 Å². The smallest absolute Gasteiger partial charge is 0.242 e. The highest BCUT2D eigenvalue weighted by Crippen LogP contribution is 2.30. The molecule has 0 fully saturated rings. The minimum Gasteiger partial charge on any atom is -0.325 e. The third-order valence-electron chi connectivity index (χ3n) is 5.49. The van der Waals surface area contributed by atoms with Gasteiger partial charge in [-0.15, -0.1) is 0 Å². The molecular weight excluding hydrogens is 442 g/mol. The second-order valence-corrected chi connectivity index (χ2v) is 10.4. The van der Waals surface area contributed by atoms with Crippen LogP contribution >= 0.6 is 0 Å². The summed E-state index contributed by atoms with van der Waals surface area (Å²) in [6.45, 7) is 7.22. The molecular formula is C24H29N3O5S. The summed E-state index contributed by atoms with van der Waals surface area (Å²) in [6, 6.07) is 10.1. The molecule has 0 spiro atoms. The molecule has 0 saturated heterocycles. The number of anilines is 2. The van der Waals surface area contributed by atoms with Crippen LogP contribution in [-0.4, -0.2) is 38.6 Å². The summed E-state index contributed by atoms with van der Waals surface area (Å²) < 4.78 is 28.8. The number of fused-ring (bicyclic) bond motifs is 1. The van der Waals surface area contributed by atoms with E-state index in [1.807, 2.05) is 13.8 Å². The highest BCUT2D eigenvalue weighted by atomic mass is 32.2. The van der Waals surface area contributed by atoms with E-state index in [0.29, 0.717) is 36.3 Å². The van der Waals surface area contributed by atoms with Crippen LogP contribution in [0, 0.1) is 5.92 Å². The van der Waals surface area contributed by atoms with Crippen molar-refractivity contribution < 1.29 is 22.8 Å². The summed E-state index contributed by atoms with van der Waals surface area (Å²) in [6.07, 6.45) is 0.862. The molecule has 2 amide bonds. The van der Waals surface area contributed by atoms with Crippen molar-refractivity contribution in [3.63, 3.8) is 0 Å². The standard InChI is InChI=1S/C24H29N3O5S/c1-15(2)12-22(24(30)25-20-7-5-6-18(13-20)16(3)28)26-33(31,32)21-8-9-23-19(14-21)10-11-27(23)17(4)29/h5-9,13-15,22,26H,10-12H2,1-4H3,(H,25,30)/t22-/m0/s1. The lowest BCUT2D eigenvalue weighted by atomic mass is 10.0. The fraction of sp³-hybridized carbons (Fsp3) is 0.375. The lowest BCUT2D eigenvalue weighted by Gasteiger charge is -2.21. The molecule has 0 saturated carbocycles. The molecule has 0 bridgehead atoms. The molecule has 1 aliphatic rings. The Morgan fingerprint density at radius 3 is 2.42 bits per heavy atom. The third kappa shape index (κ3) is 5.85. The summed E-state index contributed by atoms with van der Waals surface area (Å²) in [5.41, 5.74) is 2.36. The van der Waals surface area contributed by atoms with Crippen LogP contribution in [0.2, 0.25) is 0 Å². The van der Waals surface area contributed by atoms with Crippen LogP contribution in [0.15, 0.2) is 47.4 Å². The zero-order chi connectivity index (χ0) is 24.3. The van der Waals surface area contributed by atoms with Crippen LogP contribution in [0.3, 0.4) is 0 Å². The van der Waals surface area contributed by atoms with Gasteiger partial charge in [-0.3, -0.25) is 14.4 Å². The van der Waals surface area contributed by atoms with Crippen molar-refractivity contribution in [2.24, 2.45) is 5.92 Å². The lowest BCUT2D eigenvalue weighted by molar-refractivity contribution is -0.118. The number of amides is 2. The molecule has 1 aliphatic heterocycles. The molecule has 2 aromatic rings. The lowest BCUT2D eigenvalue weighted by Crippen LogP contribution is -2.44. The molecule has 176 valence electrons. The first-order chi connectivity index (χ1) is 15.5. The summed E-state index contributed by atoms with van der Waals surface area (Å²) >= 11 is 0. The van der Waals surface area contributed by atoms with Gasteiger partial charge in [0.25, 0.3) is 0 Å². The van der Waals surface area contributed by atoms with Crippen molar-refractivity contribution in [2.75, 3.05) is 16.8 Å². The molecule has 1 atom stereocenters. The van der Waals surface area contributed by atoms with Gasteiger partial charge in [-0.1, -0.05) is 26.0 Å². The van der Waals surface area contributed by atoms with E-state index >= 15 is 0 Å². The number of rotatable bonds is 8. The van der Waals surface area contributed by atoms with E-state index in [4.69, 9.17) is 0 Å². The first-order valence-corrected chi connectivity index (χ1v) is 12.3. The number of hydrogen-bond acceptors (Lipinski definition) is 5. The second-order valence-electron chi connectivity index (χ2n) is 8.64. The number of nitrogens with one attached hydrogen (secondary N) is 2. The van der Waals surface area contributed by atoms with Gasteiger partial charge in [-0.2, -0.15) is 4.72 Å². The molecule has 0 aromatic heterocycles. The molecule has 2 N–H and O–H groups in total. The highest BCUT2D eigenvalue weighted by Gasteiger charge is 2.29. The maximum Gasteiger partial charge on any atom is 0.242 e. The number of sulfonamides is 1. The Hall–Kier alpha value is -3.04. The Morgan fingerprint density at radius 2 is 1.79 bits per heavy atom. The maximum absolute atomic E-state index is 13.1. The predicted molar refractivity (Wildman–Crippen MR) is 127 cm³/mol. The fourth-order valence-electron chi connectivity index (χ4n) is 3.85. The second kappa shape index (κ2) is 9.84. The van der Waals surface area contributed by atoms with Crippen molar-refractivity contribution >= 4 is 39.0 Å². The molecule has 3 rings (SSSR count). The number of benzene rings is 2. The van der Waals surface area contributed by atoms with Crippen LogP contribution in [0.25, 0.3) is 0 Å². The average molecular weight is 472 g/mol. The summed E-state index contributed by atoms with van der Waals surface area (Å²) in [5, 5.41) is 2.71. The van der Waals surface area contributed by atoms with E-state index in [1.165, 1.54) is 19.9 Å². The van der Waals surface area contributed by atoms with Gasteiger partial charge >= 0.3 is 0 Å². The molecule has 9 heteroatoms. The maximum atomic E-state index is 13.1. The third-order valence-corrected chi connectivity index (χ3v) is 6.96. The van der Waals surface area contributed by atoms with E-state index in [1.54, 1.807) is 41.3 Å². The Bertz CT molecular complexity index is 1190. The number of carbonyl (C=O) groups is 3. The van der Waals surface area contributed by atoms with Gasteiger partial charge in [0.1, 0.15) is 6.04 Å². The van der Waals surface area contributed by atoms with Gasteiger partial charge in [-0.25, -0.2) is 8.42 Å². The van der Waals surface area contributed by atoms with Crippen molar-refractivity contribution in [3.05, 3.63) is 53.6 Å². The minimum atomic E-state index is -3.99. The first-order valence-electron chi connectivity index (χ1n) is 10.8. The monoisotopic (exact) mass is 471 g/mol. The van der Waals surface area contributed by atoms with Gasteiger partial charge in [0.05, 0.1) is 4.90 Å². The van der Waals surface area contributed by atoms with E-state index in [-0.39, 0.29) is 22.5 Å². The van der Waals surface area contributed by atoms with Crippen molar-refractivity contribution in [1.82, 2.24) is 4.72 Å². The number of carbonyl (C=O) groups excluding carboxylic acids is 3. The number of hydrogen-bond donors (Lipinski definition) is 2. The normalized spacial score (nSPS) is 14.2. The quantitative estimate of drug-likeness (QED) is 0.575. The summed E-state index contributed by atoms with van der Waals surface area (Å²) in [4.78, 5) is 38.0. The molecule has 0 aliphatic carbocycles. The Kier molecular flexibility index (Phi) is 7.34. The van der Waals surface area contributed by atoms with Gasteiger partial charge < -0.3 is 10.2 Å². The molecule has 33 heavy (non-hydrogen) atoms. The number of ketones is 1. The van der Waals surface area contributed by atoms with Crippen LogP contribution < -0.4 is 14.9 Å². The zero-order valence-electron chi connectivity index (χ0n) is 19.2. The molecule has 0 radical (unpaired) electrons. The SMILES string of the molecule is CC(=O)c1cccc(NC(=O)[C@H](CC(C)C)NS(=O)(=O)c2ccc3c(c2)CCN3C(C)=O)c1. The number of nitrogens with zero attached hydrogens (tertiary/aromatic N) is 1. The number of Topliss-reactive ketones (excluding diaryl/α,β-unsaturated/α-hetero) is 1. The predicted octanol–water partition coefficient (Wildman–Crippen LogP) is 3.13. The van der Waals surface area contributed by atoms with Crippen LogP contribution in [0.4, 0.5) is 11.4 Å². The average Bonchev–Trinajstić information content (AvgIpc) is 3.16. The summed E-state index contributed by atoms with van der Waals surface area (Å²) in [7, 11) is -3.99. The Morgan fingerprint density at radius 1 is 1.06 bits per heavy atom. The minimum absolute atomic E-state index is 0.0479. The van der Waals surface area contributed by atoms with Gasteiger partial charge in [0, 0.05) is 30.4 Å². The van der Waals surface area contributed by atoms with Crippen LogP contribution in [0.5, 0.6) is 0 Å². The topological polar surface area (TPSA) is 113 Å². The molecule has 0 unspecified atom stereocenters. The van der Waals surface area contributed by atoms with Gasteiger partial charge in [0.2, 0.25) is 21.8 Å². The van der Waals surface area contributed by atoms with Crippen molar-refractivity contribution in [2.45, 2.75) is 51.5 Å². The van der Waals surface area contributed by atoms with Crippen molar-refractivity contribution in [3.8, 4) is 0 Å². The highest BCUT2D eigenvalue weighted by molar-refractivity contribution is 7.89. The first kappa shape index (κ1) is 24.6. The van der Waals surface area contributed by atoms with E-state index in [0.717, 1.165) is 5.56 Å². The Labute approximate surface area is 194 Å². The summed E-state index contributed by atoms with van der Waals surface area (Å²) in [5.74, 6) is -0.677.